The molecule has 0 bridgehead atoms. The van der Waals surface area contributed by atoms with Crippen molar-refractivity contribution in [3.63, 3.8) is 0 Å². The second-order valence-corrected chi connectivity index (χ2v) is 9.80. The lowest BCUT2D eigenvalue weighted by Crippen LogP contribution is -2.28. The molecule has 0 unspecified atom stereocenters. The van der Waals surface area contributed by atoms with Gasteiger partial charge in [0.15, 0.2) is 5.69 Å². The van der Waals surface area contributed by atoms with Gasteiger partial charge in [-0.25, -0.2) is 4.68 Å². The lowest BCUT2D eigenvalue weighted by molar-refractivity contribution is -0.165. The second-order valence-electron chi connectivity index (χ2n) is 8.04. The Morgan fingerprint density at radius 1 is 1.09 bits per heavy atom. The fourth-order valence-electron chi connectivity index (χ4n) is 3.94. The van der Waals surface area contributed by atoms with Crippen molar-refractivity contribution in [2.24, 2.45) is 0 Å². The van der Waals surface area contributed by atoms with E-state index in [1.807, 2.05) is 31.2 Å². The highest BCUT2D eigenvalue weighted by Crippen LogP contribution is 2.58. The average molecular weight is 572 g/mol. The summed E-state index contributed by atoms with van der Waals surface area (Å²) in [5.41, 5.74) is 1.08. The summed E-state index contributed by atoms with van der Waals surface area (Å²) in [4.78, 5) is 0. The van der Waals surface area contributed by atoms with E-state index in [1.165, 1.54) is 0 Å². The van der Waals surface area contributed by atoms with E-state index in [0.29, 0.717) is 33.5 Å². The van der Waals surface area contributed by atoms with Crippen molar-refractivity contribution in [1.82, 2.24) is 20.0 Å². The molecule has 176 valence electrons. The van der Waals surface area contributed by atoms with Crippen LogP contribution in [-0.2, 0) is 11.8 Å². The first kappa shape index (κ1) is 23.4. The molecule has 5 rings (SSSR count). The van der Waals surface area contributed by atoms with Crippen molar-refractivity contribution in [3.8, 4) is 28.5 Å². The van der Waals surface area contributed by atoms with Gasteiger partial charge in [0, 0.05) is 20.6 Å². The fourth-order valence-corrected chi connectivity index (χ4v) is 4.70. The van der Waals surface area contributed by atoms with Gasteiger partial charge in [-0.05, 0) is 49.6 Å². The van der Waals surface area contributed by atoms with Gasteiger partial charge in [-0.2, -0.15) is 18.3 Å². The molecule has 11 heteroatoms. The van der Waals surface area contributed by atoms with Gasteiger partial charge in [-0.1, -0.05) is 58.2 Å². The molecule has 0 aliphatic heterocycles. The van der Waals surface area contributed by atoms with Crippen LogP contribution in [-0.4, -0.2) is 26.2 Å². The van der Waals surface area contributed by atoms with Gasteiger partial charge in [-0.3, -0.25) is 0 Å². The summed E-state index contributed by atoms with van der Waals surface area (Å²) in [7, 11) is 0. The molecule has 2 aromatic heterocycles. The van der Waals surface area contributed by atoms with Crippen LogP contribution in [0.3, 0.4) is 0 Å². The van der Waals surface area contributed by atoms with E-state index in [1.54, 1.807) is 22.9 Å². The molecular formula is C23H16BrCl2F3N4O. The molecule has 34 heavy (non-hydrogen) atoms. The third-order valence-corrected chi connectivity index (χ3v) is 6.99. The standard InChI is InChI=1S/C23H16BrCl2F3N4O/c1-2-15-18(20-30-31-21(34-20)22(9-10-22)23(27,28)29)32-33(17-8-7-14(25)11-16(17)26)19(15)12-3-5-13(24)6-4-12/h3-8,11H,2,9-10H2,1H3. The molecule has 1 fully saturated rings. The van der Waals surface area contributed by atoms with E-state index in [-0.39, 0.29) is 18.7 Å². The molecule has 5 nitrogen and oxygen atoms in total. The Morgan fingerprint density at radius 3 is 2.38 bits per heavy atom. The summed E-state index contributed by atoms with van der Waals surface area (Å²) in [6, 6.07) is 12.6. The third-order valence-electron chi connectivity index (χ3n) is 5.92. The zero-order chi connectivity index (χ0) is 24.3. The smallest absolute Gasteiger partial charge is 0.403 e. The number of alkyl halides is 3. The van der Waals surface area contributed by atoms with Crippen LogP contribution in [0.5, 0.6) is 0 Å². The normalized spacial score (nSPS) is 15.0. The Hall–Kier alpha value is -2.36. The predicted molar refractivity (Wildman–Crippen MR) is 126 cm³/mol. The van der Waals surface area contributed by atoms with Crippen LogP contribution in [0.15, 0.2) is 51.4 Å². The first-order valence-electron chi connectivity index (χ1n) is 10.4. The minimum absolute atomic E-state index is 0.0652. The highest BCUT2D eigenvalue weighted by atomic mass is 79.9. The molecule has 0 atom stereocenters. The lowest BCUT2D eigenvalue weighted by Gasteiger charge is -2.14. The SMILES string of the molecule is CCc1c(-c2nnc(C3(C(F)(F)F)CC3)o2)nn(-c2ccc(Cl)cc2Cl)c1-c1ccc(Br)cc1. The van der Waals surface area contributed by atoms with Crippen molar-refractivity contribution in [1.29, 1.82) is 0 Å². The monoisotopic (exact) mass is 570 g/mol. The second kappa shape index (κ2) is 8.39. The topological polar surface area (TPSA) is 56.7 Å². The molecule has 0 spiro atoms. The van der Waals surface area contributed by atoms with Gasteiger partial charge in [0.1, 0.15) is 5.41 Å². The van der Waals surface area contributed by atoms with Crippen LogP contribution >= 0.6 is 39.1 Å². The van der Waals surface area contributed by atoms with Crippen molar-refractivity contribution in [2.75, 3.05) is 0 Å². The quantitative estimate of drug-likeness (QED) is 0.245. The first-order valence-corrected chi connectivity index (χ1v) is 11.9. The number of hydrogen-bond acceptors (Lipinski definition) is 4. The maximum absolute atomic E-state index is 13.6. The molecule has 2 heterocycles. The van der Waals surface area contributed by atoms with Gasteiger partial charge in [0.2, 0.25) is 5.89 Å². The summed E-state index contributed by atoms with van der Waals surface area (Å²) in [5, 5.41) is 13.2. The molecule has 1 saturated carbocycles. The summed E-state index contributed by atoms with van der Waals surface area (Å²) < 4.78 is 48.9. The minimum Gasteiger partial charge on any atom is -0.418 e. The number of nitrogens with zero attached hydrogens (tertiary/aromatic N) is 4. The average Bonchev–Trinajstić information content (AvgIpc) is 3.32. The zero-order valence-electron chi connectivity index (χ0n) is 17.6. The predicted octanol–water partition coefficient (Wildman–Crippen LogP) is 7.81. The van der Waals surface area contributed by atoms with E-state index in [0.717, 1.165) is 15.6 Å². The number of benzene rings is 2. The molecule has 0 saturated heterocycles. The van der Waals surface area contributed by atoms with E-state index in [9.17, 15) is 13.2 Å². The molecule has 1 aliphatic rings. The van der Waals surface area contributed by atoms with E-state index in [4.69, 9.17) is 27.6 Å². The number of hydrogen-bond donors (Lipinski definition) is 0. The van der Waals surface area contributed by atoms with Crippen LogP contribution in [0.4, 0.5) is 13.2 Å². The lowest BCUT2D eigenvalue weighted by atomic mass is 10.0. The molecule has 1 aliphatic carbocycles. The maximum atomic E-state index is 13.6. The van der Waals surface area contributed by atoms with E-state index < -0.39 is 17.5 Å². The van der Waals surface area contributed by atoms with Gasteiger partial charge in [-0.15, -0.1) is 10.2 Å². The third kappa shape index (κ3) is 3.83. The zero-order valence-corrected chi connectivity index (χ0v) is 20.7. The van der Waals surface area contributed by atoms with Crippen LogP contribution in [0, 0.1) is 0 Å². The van der Waals surface area contributed by atoms with Crippen molar-refractivity contribution < 1.29 is 17.6 Å². The van der Waals surface area contributed by atoms with Crippen molar-refractivity contribution >= 4 is 39.1 Å². The van der Waals surface area contributed by atoms with Crippen LogP contribution in [0.1, 0.15) is 31.2 Å². The Balaban J connectivity index is 1.71. The molecule has 4 aromatic rings. The van der Waals surface area contributed by atoms with Gasteiger partial charge >= 0.3 is 6.18 Å². The van der Waals surface area contributed by atoms with Gasteiger partial charge in [0.05, 0.1) is 16.4 Å². The molecule has 0 N–H and O–H groups in total. The minimum atomic E-state index is -4.46. The summed E-state index contributed by atoms with van der Waals surface area (Å²) in [5.74, 6) is -0.495. The van der Waals surface area contributed by atoms with Gasteiger partial charge in [0.25, 0.3) is 5.89 Å². The van der Waals surface area contributed by atoms with Gasteiger partial charge < -0.3 is 4.42 Å². The Kier molecular flexibility index (Phi) is 5.77. The highest BCUT2D eigenvalue weighted by Gasteiger charge is 2.68. The molecule has 0 radical (unpaired) electrons. The fraction of sp³-hybridized carbons (Fsp3) is 0.261. The summed E-state index contributed by atoms with van der Waals surface area (Å²) >= 11 is 16.0. The molecule has 0 amide bonds. The maximum Gasteiger partial charge on any atom is 0.403 e. The van der Waals surface area contributed by atoms with Crippen LogP contribution < -0.4 is 0 Å². The number of aromatic nitrogens is 4. The first-order chi connectivity index (χ1) is 16.1. The Labute approximate surface area is 211 Å². The van der Waals surface area contributed by atoms with E-state index in [2.05, 4.69) is 31.2 Å². The molecule has 2 aromatic carbocycles. The van der Waals surface area contributed by atoms with E-state index >= 15 is 0 Å². The molecular weight excluding hydrogens is 556 g/mol. The van der Waals surface area contributed by atoms with Crippen LogP contribution in [0.2, 0.25) is 10.0 Å². The Morgan fingerprint density at radius 2 is 1.79 bits per heavy atom. The largest absolute Gasteiger partial charge is 0.418 e. The Bertz CT molecular complexity index is 1380. The van der Waals surface area contributed by atoms with Crippen LogP contribution in [0.25, 0.3) is 28.5 Å². The highest BCUT2D eigenvalue weighted by molar-refractivity contribution is 9.10. The summed E-state index contributed by atoms with van der Waals surface area (Å²) in [6.07, 6.45) is -4.09. The number of rotatable bonds is 5. The van der Waals surface area contributed by atoms with Crippen molar-refractivity contribution in [2.45, 2.75) is 37.8 Å². The number of halogens is 6. The summed E-state index contributed by atoms with van der Waals surface area (Å²) in [6.45, 7) is 1.92. The van der Waals surface area contributed by atoms with Crippen molar-refractivity contribution in [3.05, 3.63) is 68.4 Å².